The third kappa shape index (κ3) is 6.61. The third-order valence-electron chi connectivity index (χ3n) is 4.71. The summed E-state index contributed by atoms with van der Waals surface area (Å²) in [5.74, 6) is -0.311. The maximum atomic E-state index is 13.3. The minimum atomic E-state index is -4.65. The molecular weight excluding hydrogens is 473 g/mol. The molecule has 0 aliphatic heterocycles. The molecule has 0 radical (unpaired) electrons. The predicted molar refractivity (Wildman–Crippen MR) is 120 cm³/mol. The highest BCUT2D eigenvalue weighted by atomic mass is 32.2. The van der Waals surface area contributed by atoms with Crippen LogP contribution in [0.4, 0.5) is 13.2 Å². The van der Waals surface area contributed by atoms with E-state index in [1.165, 1.54) is 24.3 Å². The Kier molecular flexibility index (Phi) is 7.37. The Balaban J connectivity index is 1.86. The molecule has 11 heteroatoms. The Bertz CT molecular complexity index is 1220. The van der Waals surface area contributed by atoms with Crippen LogP contribution < -0.4 is 19.9 Å². The molecule has 0 spiro atoms. The Labute approximate surface area is 195 Å². The van der Waals surface area contributed by atoms with Gasteiger partial charge < -0.3 is 14.8 Å². The summed E-state index contributed by atoms with van der Waals surface area (Å²) < 4.78 is 74.2. The lowest BCUT2D eigenvalue weighted by molar-refractivity contribution is -0.137. The second-order valence-corrected chi connectivity index (χ2v) is 9.41. The molecule has 7 nitrogen and oxygen atoms in total. The molecule has 2 aromatic carbocycles. The number of allylic oxidation sites excluding steroid dienone is 2. The van der Waals surface area contributed by atoms with E-state index in [1.807, 2.05) is 13.8 Å². The Morgan fingerprint density at radius 1 is 1.12 bits per heavy atom. The number of ether oxygens (including phenoxy) is 2. The van der Waals surface area contributed by atoms with Crippen LogP contribution in [0.25, 0.3) is 0 Å². The molecule has 3 rings (SSSR count). The molecule has 1 amide bonds. The van der Waals surface area contributed by atoms with E-state index in [4.69, 9.17) is 14.6 Å². The van der Waals surface area contributed by atoms with Crippen molar-refractivity contribution in [2.75, 3.05) is 0 Å². The van der Waals surface area contributed by atoms with Gasteiger partial charge >= 0.3 is 6.18 Å². The number of amides is 1. The second kappa shape index (κ2) is 9.90. The molecule has 1 aliphatic rings. The van der Waals surface area contributed by atoms with Gasteiger partial charge in [-0.05, 0) is 62.4 Å². The highest BCUT2D eigenvalue weighted by Crippen LogP contribution is 2.35. The van der Waals surface area contributed by atoms with Crippen molar-refractivity contribution in [1.29, 1.82) is 0 Å². The van der Waals surface area contributed by atoms with E-state index in [1.54, 1.807) is 18.2 Å². The van der Waals surface area contributed by atoms with Crippen LogP contribution in [0.2, 0.25) is 0 Å². The van der Waals surface area contributed by atoms with Crippen LogP contribution in [0, 0.1) is 0 Å². The van der Waals surface area contributed by atoms with E-state index in [2.05, 4.69) is 5.32 Å². The van der Waals surface area contributed by atoms with E-state index in [0.717, 1.165) is 18.2 Å². The lowest BCUT2D eigenvalue weighted by Gasteiger charge is -2.20. The molecule has 0 saturated carbocycles. The summed E-state index contributed by atoms with van der Waals surface area (Å²) in [6.45, 7) is 3.70. The highest BCUT2D eigenvalue weighted by Gasteiger charge is 2.32. The summed E-state index contributed by atoms with van der Waals surface area (Å²) in [4.78, 5) is 12.8. The van der Waals surface area contributed by atoms with Crippen molar-refractivity contribution < 1.29 is 35.9 Å². The monoisotopic (exact) mass is 496 g/mol. The molecule has 182 valence electrons. The Morgan fingerprint density at radius 2 is 1.76 bits per heavy atom. The van der Waals surface area contributed by atoms with E-state index in [0.29, 0.717) is 5.75 Å². The first kappa shape index (κ1) is 25.3. The number of benzene rings is 2. The molecule has 3 N–H and O–H groups in total. The van der Waals surface area contributed by atoms with Crippen molar-refractivity contribution in [3.63, 3.8) is 0 Å². The number of hydrogen-bond donors (Lipinski definition) is 2. The van der Waals surface area contributed by atoms with Gasteiger partial charge in [0, 0.05) is 6.42 Å². The van der Waals surface area contributed by atoms with Crippen molar-refractivity contribution in [3.05, 3.63) is 76.7 Å². The second-order valence-electron chi connectivity index (χ2n) is 7.80. The molecular formula is C23H23F3N2O5S. The number of primary sulfonamides is 1. The first-order chi connectivity index (χ1) is 15.8. The molecule has 0 heterocycles. The summed E-state index contributed by atoms with van der Waals surface area (Å²) in [6.07, 6.45) is -0.511. The molecule has 0 fully saturated rings. The zero-order chi connectivity index (χ0) is 25.1. The summed E-state index contributed by atoms with van der Waals surface area (Å²) in [5.41, 5.74) is -1.15. The first-order valence-electron chi connectivity index (χ1n) is 10.2. The van der Waals surface area contributed by atoms with Crippen molar-refractivity contribution in [2.45, 2.75) is 38.6 Å². The fraction of sp³-hybridized carbons (Fsp3) is 0.261. The molecule has 1 unspecified atom stereocenters. The average molecular weight is 497 g/mol. The predicted octanol–water partition coefficient (Wildman–Crippen LogP) is 4.52. The van der Waals surface area contributed by atoms with Gasteiger partial charge in [-0.3, -0.25) is 4.79 Å². The van der Waals surface area contributed by atoms with E-state index in [-0.39, 0.29) is 34.5 Å². The lowest BCUT2D eigenvalue weighted by atomic mass is 10.1. The number of nitrogens with one attached hydrogen (secondary N) is 1. The number of sulfonamides is 1. The van der Waals surface area contributed by atoms with Gasteiger partial charge in [-0.15, -0.1) is 0 Å². The Hall–Kier alpha value is -3.31. The lowest BCUT2D eigenvalue weighted by Crippen LogP contribution is -2.36. The van der Waals surface area contributed by atoms with Gasteiger partial charge in [-0.1, -0.05) is 12.2 Å². The summed E-state index contributed by atoms with van der Waals surface area (Å²) in [7, 11) is -3.94. The van der Waals surface area contributed by atoms with Crippen molar-refractivity contribution in [3.8, 4) is 17.2 Å². The fourth-order valence-corrected chi connectivity index (χ4v) is 3.84. The average Bonchev–Trinajstić information content (AvgIpc) is 2.73. The largest absolute Gasteiger partial charge is 0.491 e. The number of hydrogen-bond acceptors (Lipinski definition) is 5. The molecule has 1 aliphatic carbocycles. The smallest absolute Gasteiger partial charge is 0.416 e. The SMILES string of the molecule is CC(C)Oc1ccc(Oc2cc(C(F)(F)F)ccc2C(=O)NC2C=CC=C(S(N)(=O)=O)C2)cc1. The highest BCUT2D eigenvalue weighted by molar-refractivity contribution is 7.93. The van der Waals surface area contributed by atoms with Crippen LogP contribution in [-0.4, -0.2) is 26.5 Å². The van der Waals surface area contributed by atoms with Gasteiger partial charge in [0.25, 0.3) is 5.91 Å². The Morgan fingerprint density at radius 3 is 2.35 bits per heavy atom. The van der Waals surface area contributed by atoms with E-state index in [9.17, 15) is 26.4 Å². The van der Waals surface area contributed by atoms with Crippen molar-refractivity contribution in [2.24, 2.45) is 5.14 Å². The van der Waals surface area contributed by atoms with Crippen LogP contribution in [0.15, 0.2) is 65.6 Å². The van der Waals surface area contributed by atoms with Crippen molar-refractivity contribution in [1.82, 2.24) is 5.32 Å². The normalized spacial score (nSPS) is 16.2. The topological polar surface area (TPSA) is 108 Å². The summed E-state index contributed by atoms with van der Waals surface area (Å²) in [6, 6.07) is 7.99. The van der Waals surface area contributed by atoms with Crippen LogP contribution in [0.3, 0.4) is 0 Å². The van der Waals surface area contributed by atoms with E-state index >= 15 is 0 Å². The molecule has 0 bridgehead atoms. The first-order valence-corrected chi connectivity index (χ1v) is 11.7. The van der Waals surface area contributed by atoms with Crippen LogP contribution in [0.1, 0.15) is 36.2 Å². The minimum absolute atomic E-state index is 0.0657. The standard InChI is InChI=1S/C23H23F3N2O5S/c1-14(2)32-17-7-9-18(10-8-17)33-21-12-15(23(24,25)26)6-11-20(21)22(29)28-16-4-3-5-19(13-16)34(27,30)31/h3-12,14,16H,13H2,1-2H3,(H,28,29)(H2,27,30,31). The summed E-state index contributed by atoms with van der Waals surface area (Å²) >= 11 is 0. The molecule has 34 heavy (non-hydrogen) atoms. The third-order valence-corrected chi connectivity index (χ3v) is 5.74. The number of rotatable bonds is 7. The maximum absolute atomic E-state index is 13.3. The zero-order valence-corrected chi connectivity index (χ0v) is 19.1. The maximum Gasteiger partial charge on any atom is 0.416 e. The van der Waals surface area contributed by atoms with Gasteiger partial charge in [0.2, 0.25) is 10.0 Å². The number of halogens is 3. The van der Waals surface area contributed by atoms with Gasteiger partial charge in [0.15, 0.2) is 0 Å². The number of nitrogens with two attached hydrogens (primary N) is 1. The molecule has 0 saturated heterocycles. The van der Waals surface area contributed by atoms with Gasteiger partial charge in [0.05, 0.1) is 28.2 Å². The number of carbonyl (C=O) groups excluding carboxylic acids is 1. The summed E-state index contributed by atoms with van der Waals surface area (Å²) in [5, 5.41) is 7.73. The van der Waals surface area contributed by atoms with Gasteiger partial charge in [-0.25, -0.2) is 13.6 Å². The molecule has 1 atom stereocenters. The quantitative estimate of drug-likeness (QED) is 0.586. The van der Waals surface area contributed by atoms with Crippen LogP contribution in [-0.2, 0) is 16.2 Å². The number of alkyl halides is 3. The minimum Gasteiger partial charge on any atom is -0.491 e. The van der Waals surface area contributed by atoms with Crippen LogP contribution >= 0.6 is 0 Å². The van der Waals surface area contributed by atoms with Gasteiger partial charge in [-0.2, -0.15) is 13.2 Å². The van der Waals surface area contributed by atoms with Crippen molar-refractivity contribution >= 4 is 15.9 Å². The van der Waals surface area contributed by atoms with Crippen LogP contribution in [0.5, 0.6) is 17.2 Å². The van der Waals surface area contributed by atoms with E-state index < -0.39 is 33.7 Å². The van der Waals surface area contributed by atoms with Gasteiger partial charge in [0.1, 0.15) is 17.2 Å². The fourth-order valence-electron chi connectivity index (χ4n) is 3.16. The molecule has 0 aromatic heterocycles. The number of carbonyl (C=O) groups is 1. The molecule has 2 aromatic rings. The zero-order valence-electron chi connectivity index (χ0n) is 18.3.